The molecule has 1 aromatic carbocycles. The molecule has 190 valence electrons. The Balaban J connectivity index is 1.24. The fourth-order valence-electron chi connectivity index (χ4n) is 4.46. The van der Waals surface area contributed by atoms with Crippen molar-refractivity contribution in [3.63, 3.8) is 0 Å². The second-order valence-corrected chi connectivity index (χ2v) is 9.21. The van der Waals surface area contributed by atoms with Gasteiger partial charge in [0.2, 0.25) is 0 Å². The molecule has 1 aliphatic carbocycles. The van der Waals surface area contributed by atoms with E-state index in [4.69, 9.17) is 0 Å². The molecule has 3 heterocycles. The normalized spacial score (nSPS) is 17.5. The summed E-state index contributed by atoms with van der Waals surface area (Å²) >= 11 is 0. The van der Waals surface area contributed by atoms with Crippen LogP contribution >= 0.6 is 0 Å². The van der Waals surface area contributed by atoms with Crippen LogP contribution in [0.4, 0.5) is 23.4 Å². The summed E-state index contributed by atoms with van der Waals surface area (Å²) in [6, 6.07) is 11.2. The molecule has 0 amide bonds. The van der Waals surface area contributed by atoms with Crippen molar-refractivity contribution in [2.75, 3.05) is 31.1 Å². The van der Waals surface area contributed by atoms with E-state index in [2.05, 4.69) is 30.7 Å². The maximum absolute atomic E-state index is 14.7. The Morgan fingerprint density at radius 2 is 1.78 bits per heavy atom. The quantitative estimate of drug-likeness (QED) is 0.412. The standard InChI is InChI=1S/C26H27F4N5O/c1-18-14-21(16-24(27)20-2-6-23(7-3-20)36-26(28,29)30)32-35(18)17-19-8-9-31-25(15-19)34-12-10-33(11-13-34)22-4-5-22/h2-3,6-9,14-16,22H,4-5,10-13,17H2,1H3. The molecule has 0 N–H and O–H groups in total. The lowest BCUT2D eigenvalue weighted by molar-refractivity contribution is -0.274. The summed E-state index contributed by atoms with van der Waals surface area (Å²) < 4.78 is 57.3. The number of ether oxygens (including phenoxy) is 1. The van der Waals surface area contributed by atoms with E-state index >= 15 is 0 Å². The first-order chi connectivity index (χ1) is 17.2. The average Bonchev–Trinajstić information content (AvgIpc) is 3.63. The number of pyridine rings is 1. The first-order valence-corrected chi connectivity index (χ1v) is 12.0. The monoisotopic (exact) mass is 501 g/mol. The van der Waals surface area contributed by atoms with Crippen LogP contribution in [-0.4, -0.2) is 58.2 Å². The Morgan fingerprint density at radius 3 is 2.44 bits per heavy atom. The van der Waals surface area contributed by atoms with Gasteiger partial charge in [-0.3, -0.25) is 9.58 Å². The van der Waals surface area contributed by atoms with Gasteiger partial charge in [-0.15, -0.1) is 13.2 Å². The van der Waals surface area contributed by atoms with Gasteiger partial charge in [0.15, 0.2) is 0 Å². The lowest BCUT2D eigenvalue weighted by atomic mass is 10.1. The molecule has 2 aliphatic rings. The summed E-state index contributed by atoms with van der Waals surface area (Å²) in [4.78, 5) is 9.44. The molecule has 2 fully saturated rings. The van der Waals surface area contributed by atoms with Crippen LogP contribution in [-0.2, 0) is 6.54 Å². The lowest BCUT2D eigenvalue weighted by Crippen LogP contribution is -2.47. The van der Waals surface area contributed by atoms with Gasteiger partial charge in [-0.2, -0.15) is 5.10 Å². The molecule has 3 aromatic rings. The van der Waals surface area contributed by atoms with E-state index < -0.39 is 17.9 Å². The topological polar surface area (TPSA) is 46.4 Å². The number of halogens is 4. The van der Waals surface area contributed by atoms with Crippen LogP contribution in [0.15, 0.2) is 48.7 Å². The van der Waals surface area contributed by atoms with Gasteiger partial charge in [-0.25, -0.2) is 9.37 Å². The van der Waals surface area contributed by atoms with E-state index in [1.54, 1.807) is 10.7 Å². The molecule has 0 radical (unpaired) electrons. The van der Waals surface area contributed by atoms with Gasteiger partial charge in [0, 0.05) is 55.8 Å². The first kappa shape index (κ1) is 24.3. The number of aryl methyl sites for hydroxylation is 1. The van der Waals surface area contributed by atoms with E-state index in [0.29, 0.717) is 12.2 Å². The highest BCUT2D eigenvalue weighted by molar-refractivity contribution is 5.75. The zero-order chi connectivity index (χ0) is 25.3. The van der Waals surface area contributed by atoms with Crippen LogP contribution in [0.2, 0.25) is 0 Å². The average molecular weight is 502 g/mol. The predicted octanol–water partition coefficient (Wildman–Crippen LogP) is 5.29. The predicted molar refractivity (Wildman–Crippen MR) is 129 cm³/mol. The number of hydrogen-bond acceptors (Lipinski definition) is 5. The van der Waals surface area contributed by atoms with E-state index in [1.807, 2.05) is 19.2 Å². The van der Waals surface area contributed by atoms with Gasteiger partial charge in [0.1, 0.15) is 17.4 Å². The molecule has 0 unspecified atom stereocenters. The number of hydrogen-bond donors (Lipinski definition) is 0. The van der Waals surface area contributed by atoms with Crippen molar-refractivity contribution >= 4 is 17.7 Å². The molecule has 1 saturated heterocycles. The molecule has 6 nitrogen and oxygen atoms in total. The SMILES string of the molecule is Cc1cc(C=C(F)c2ccc(OC(F)(F)F)cc2)nn1Cc1ccnc(N2CCN(C3CC3)CC2)c1. The number of anilines is 1. The third-order valence-electron chi connectivity index (χ3n) is 6.48. The smallest absolute Gasteiger partial charge is 0.406 e. The Labute approximate surface area is 206 Å². The molecule has 5 rings (SSSR count). The highest BCUT2D eigenvalue weighted by Gasteiger charge is 2.32. The van der Waals surface area contributed by atoms with E-state index in [1.165, 1.54) is 31.1 Å². The highest BCUT2D eigenvalue weighted by atomic mass is 19.4. The summed E-state index contributed by atoms with van der Waals surface area (Å²) in [6.07, 6.45) is 0.924. The van der Waals surface area contributed by atoms with Crippen molar-refractivity contribution in [1.29, 1.82) is 0 Å². The summed E-state index contributed by atoms with van der Waals surface area (Å²) in [6.45, 7) is 6.46. The maximum atomic E-state index is 14.7. The minimum Gasteiger partial charge on any atom is -0.406 e. The Morgan fingerprint density at radius 1 is 1.06 bits per heavy atom. The Kier molecular flexibility index (Phi) is 6.70. The number of alkyl halides is 3. The van der Waals surface area contributed by atoms with Gasteiger partial charge < -0.3 is 9.64 Å². The van der Waals surface area contributed by atoms with Crippen LogP contribution in [0, 0.1) is 6.92 Å². The van der Waals surface area contributed by atoms with Crippen molar-refractivity contribution in [3.8, 4) is 5.75 Å². The fraction of sp³-hybridized carbons (Fsp3) is 0.385. The molecule has 1 aliphatic heterocycles. The molecular formula is C26H27F4N5O. The zero-order valence-electron chi connectivity index (χ0n) is 19.9. The molecule has 2 aromatic heterocycles. The summed E-state index contributed by atoms with van der Waals surface area (Å²) in [5.74, 6) is -0.0488. The summed E-state index contributed by atoms with van der Waals surface area (Å²) in [7, 11) is 0. The number of rotatable bonds is 7. The minimum absolute atomic E-state index is 0.136. The van der Waals surface area contributed by atoms with Gasteiger partial charge in [-0.1, -0.05) is 0 Å². The van der Waals surface area contributed by atoms with Gasteiger partial charge in [0.25, 0.3) is 0 Å². The number of piperazine rings is 1. The second kappa shape index (κ2) is 9.93. The van der Waals surface area contributed by atoms with Crippen LogP contribution in [0.1, 0.15) is 35.4 Å². The molecule has 36 heavy (non-hydrogen) atoms. The van der Waals surface area contributed by atoms with Crippen LogP contribution in [0.5, 0.6) is 5.75 Å². The van der Waals surface area contributed by atoms with E-state index in [-0.39, 0.29) is 5.56 Å². The number of nitrogens with zero attached hydrogens (tertiary/aromatic N) is 5. The van der Waals surface area contributed by atoms with Crippen molar-refractivity contribution < 1.29 is 22.3 Å². The lowest BCUT2D eigenvalue weighted by Gasteiger charge is -2.35. The molecule has 1 saturated carbocycles. The molecule has 10 heteroatoms. The van der Waals surface area contributed by atoms with Crippen LogP contribution in [0.25, 0.3) is 11.9 Å². The third-order valence-corrected chi connectivity index (χ3v) is 6.48. The minimum atomic E-state index is -4.79. The summed E-state index contributed by atoms with van der Waals surface area (Å²) in [5.41, 5.74) is 2.47. The van der Waals surface area contributed by atoms with Crippen LogP contribution in [0.3, 0.4) is 0 Å². The van der Waals surface area contributed by atoms with Crippen molar-refractivity contribution in [3.05, 3.63) is 71.2 Å². The zero-order valence-corrected chi connectivity index (χ0v) is 19.9. The first-order valence-electron chi connectivity index (χ1n) is 12.0. The van der Waals surface area contributed by atoms with Crippen molar-refractivity contribution in [2.45, 2.75) is 38.7 Å². The molecule has 0 bridgehead atoms. The molecular weight excluding hydrogens is 474 g/mol. The van der Waals surface area contributed by atoms with Crippen LogP contribution < -0.4 is 9.64 Å². The fourth-order valence-corrected chi connectivity index (χ4v) is 4.46. The molecule has 0 spiro atoms. The van der Waals surface area contributed by atoms with Gasteiger partial charge in [-0.05, 0) is 67.8 Å². The van der Waals surface area contributed by atoms with E-state index in [9.17, 15) is 17.6 Å². The molecule has 0 atom stereocenters. The van der Waals surface area contributed by atoms with Gasteiger partial charge in [0.05, 0.1) is 12.2 Å². The maximum Gasteiger partial charge on any atom is 0.573 e. The Hall–Kier alpha value is -3.40. The third kappa shape index (κ3) is 6.04. The summed E-state index contributed by atoms with van der Waals surface area (Å²) in [5, 5.41) is 4.50. The Bertz CT molecular complexity index is 1230. The second-order valence-electron chi connectivity index (χ2n) is 9.21. The number of aromatic nitrogens is 3. The van der Waals surface area contributed by atoms with Gasteiger partial charge >= 0.3 is 6.36 Å². The highest BCUT2D eigenvalue weighted by Crippen LogP contribution is 2.29. The number of benzene rings is 1. The van der Waals surface area contributed by atoms with Crippen molar-refractivity contribution in [2.24, 2.45) is 0 Å². The van der Waals surface area contributed by atoms with E-state index in [0.717, 1.165) is 61.4 Å². The van der Waals surface area contributed by atoms with Crippen molar-refractivity contribution in [1.82, 2.24) is 19.7 Å². The largest absolute Gasteiger partial charge is 0.573 e.